The lowest BCUT2D eigenvalue weighted by Crippen LogP contribution is -2.08. The summed E-state index contributed by atoms with van der Waals surface area (Å²) in [6, 6.07) is 0.376. The molecule has 1 rings (SSSR count). The van der Waals surface area contributed by atoms with Gasteiger partial charge in [0.1, 0.15) is 0 Å². The molecule has 2 nitrogen and oxygen atoms in total. The lowest BCUT2D eigenvalue weighted by molar-refractivity contribution is 0.446. The van der Waals surface area contributed by atoms with Crippen LogP contribution in [0.4, 0.5) is 0 Å². The van der Waals surface area contributed by atoms with E-state index in [9.17, 15) is 4.21 Å². The van der Waals surface area contributed by atoms with Crippen LogP contribution in [0.2, 0.25) is 0 Å². The van der Waals surface area contributed by atoms with Gasteiger partial charge in [0.2, 0.25) is 0 Å². The summed E-state index contributed by atoms with van der Waals surface area (Å²) in [6.45, 7) is 0. The van der Waals surface area contributed by atoms with Gasteiger partial charge >= 0.3 is 0 Å². The summed E-state index contributed by atoms with van der Waals surface area (Å²) >= 11 is 0.383. The maximum atomic E-state index is 9.95. The van der Waals surface area contributed by atoms with Gasteiger partial charge in [0.15, 0.2) is 11.5 Å². The van der Waals surface area contributed by atoms with Crippen molar-refractivity contribution in [2.24, 2.45) is 4.36 Å². The molecule has 0 unspecified atom stereocenters. The van der Waals surface area contributed by atoms with Crippen LogP contribution in [0.3, 0.4) is 0 Å². The third-order valence-corrected chi connectivity index (χ3v) is 2.15. The van der Waals surface area contributed by atoms with Crippen molar-refractivity contribution in [3.63, 3.8) is 0 Å². The summed E-state index contributed by atoms with van der Waals surface area (Å²) in [5.74, 6) is 0. The first-order valence-corrected chi connectivity index (χ1v) is 4.12. The quantitative estimate of drug-likeness (QED) is 0.552. The van der Waals surface area contributed by atoms with Crippen LogP contribution in [0, 0.1) is 0 Å². The predicted octanol–water partition coefficient (Wildman–Crippen LogP) is 1.72. The monoisotopic (exact) mass is 145 g/mol. The van der Waals surface area contributed by atoms with E-state index in [1.807, 2.05) is 0 Å². The van der Waals surface area contributed by atoms with Gasteiger partial charge in [0, 0.05) is 0 Å². The highest BCUT2D eigenvalue weighted by molar-refractivity contribution is 7.54. The van der Waals surface area contributed by atoms with Gasteiger partial charge in [-0.2, -0.15) is 8.57 Å². The Bertz CT molecular complexity index is 125. The summed E-state index contributed by atoms with van der Waals surface area (Å²) in [5, 5.41) is 0. The van der Waals surface area contributed by atoms with E-state index in [1.54, 1.807) is 0 Å². The van der Waals surface area contributed by atoms with Gasteiger partial charge in [-0.05, 0) is 12.8 Å². The van der Waals surface area contributed by atoms with Crippen molar-refractivity contribution >= 4 is 11.5 Å². The van der Waals surface area contributed by atoms with Gasteiger partial charge in [-0.1, -0.05) is 19.3 Å². The fourth-order valence-electron chi connectivity index (χ4n) is 1.25. The fourth-order valence-corrected chi connectivity index (χ4v) is 1.58. The van der Waals surface area contributed by atoms with Gasteiger partial charge < -0.3 is 0 Å². The summed E-state index contributed by atoms with van der Waals surface area (Å²) in [7, 11) is 0. The van der Waals surface area contributed by atoms with Crippen molar-refractivity contribution in [3.05, 3.63) is 0 Å². The van der Waals surface area contributed by atoms with E-state index < -0.39 is 0 Å². The van der Waals surface area contributed by atoms with E-state index in [1.165, 1.54) is 19.3 Å². The minimum atomic E-state index is 0.376. The maximum Gasteiger partial charge on any atom is 0.199 e. The Morgan fingerprint density at radius 1 is 1.22 bits per heavy atom. The van der Waals surface area contributed by atoms with Crippen LogP contribution in [0.15, 0.2) is 4.36 Å². The fraction of sp³-hybridized carbons (Fsp3) is 1.00. The molecule has 0 heterocycles. The van der Waals surface area contributed by atoms with Crippen LogP contribution >= 0.6 is 0 Å². The van der Waals surface area contributed by atoms with E-state index in [-0.39, 0.29) is 0 Å². The van der Waals surface area contributed by atoms with E-state index >= 15 is 0 Å². The SMILES string of the molecule is O=S=NC1CCCCC1. The molecule has 1 fully saturated rings. The molecule has 0 saturated heterocycles. The molecule has 0 bridgehead atoms. The summed E-state index contributed by atoms with van der Waals surface area (Å²) in [6.07, 6.45) is 6.11. The van der Waals surface area contributed by atoms with Crippen molar-refractivity contribution < 1.29 is 4.21 Å². The van der Waals surface area contributed by atoms with Crippen molar-refractivity contribution in [2.45, 2.75) is 38.1 Å². The van der Waals surface area contributed by atoms with Crippen LogP contribution in [0.5, 0.6) is 0 Å². The summed E-state index contributed by atoms with van der Waals surface area (Å²) in [4.78, 5) is 0. The second kappa shape index (κ2) is 3.77. The Balaban J connectivity index is 2.31. The van der Waals surface area contributed by atoms with Gasteiger partial charge in [0.05, 0.1) is 6.04 Å². The second-order valence-corrected chi connectivity index (χ2v) is 2.83. The van der Waals surface area contributed by atoms with Crippen molar-refractivity contribution in [2.75, 3.05) is 0 Å². The summed E-state index contributed by atoms with van der Waals surface area (Å²) in [5.41, 5.74) is 0. The van der Waals surface area contributed by atoms with Gasteiger partial charge in [0.25, 0.3) is 0 Å². The van der Waals surface area contributed by atoms with Crippen molar-refractivity contribution in [1.29, 1.82) is 0 Å². The first-order chi connectivity index (χ1) is 4.43. The Kier molecular flexibility index (Phi) is 2.91. The predicted molar refractivity (Wildman–Crippen MR) is 37.4 cm³/mol. The number of rotatable bonds is 1. The molecule has 3 heteroatoms. The molecule has 0 amide bonds. The van der Waals surface area contributed by atoms with Crippen molar-refractivity contribution in [1.82, 2.24) is 0 Å². The molecular formula is C6H11NOS. The lowest BCUT2D eigenvalue weighted by atomic mass is 9.97. The van der Waals surface area contributed by atoms with Crippen LogP contribution in [0.25, 0.3) is 0 Å². The molecule has 1 aliphatic rings. The largest absolute Gasteiger partial charge is 0.199 e. The highest BCUT2D eigenvalue weighted by Crippen LogP contribution is 2.19. The van der Waals surface area contributed by atoms with Gasteiger partial charge in [-0.3, -0.25) is 0 Å². The minimum Gasteiger partial charge on any atom is -0.191 e. The zero-order valence-corrected chi connectivity index (χ0v) is 6.19. The number of nitrogens with zero attached hydrogens (tertiary/aromatic N) is 1. The molecule has 52 valence electrons. The number of hydrogen-bond acceptors (Lipinski definition) is 2. The third kappa shape index (κ3) is 2.26. The molecule has 0 aromatic heterocycles. The Labute approximate surface area is 58.9 Å². The van der Waals surface area contributed by atoms with Crippen LogP contribution in [-0.2, 0) is 11.5 Å². The average Bonchev–Trinajstić information content (AvgIpc) is 1.91. The molecule has 0 radical (unpaired) electrons. The number of hydrogen-bond donors (Lipinski definition) is 0. The highest BCUT2D eigenvalue weighted by atomic mass is 32.1. The molecule has 0 aromatic rings. The second-order valence-electron chi connectivity index (χ2n) is 2.47. The molecule has 0 aliphatic heterocycles. The average molecular weight is 145 g/mol. The maximum absolute atomic E-state index is 9.95. The first-order valence-electron chi connectivity index (χ1n) is 3.42. The molecule has 0 N–H and O–H groups in total. The van der Waals surface area contributed by atoms with Crippen LogP contribution in [0.1, 0.15) is 32.1 Å². The summed E-state index contributed by atoms with van der Waals surface area (Å²) < 4.78 is 13.8. The standard InChI is InChI=1S/C6H11NOS/c8-9-7-6-4-2-1-3-5-6/h6H,1-5H2. The molecule has 0 atom stereocenters. The molecule has 1 aliphatic carbocycles. The third-order valence-electron chi connectivity index (χ3n) is 1.77. The van der Waals surface area contributed by atoms with E-state index in [0.29, 0.717) is 17.5 Å². The highest BCUT2D eigenvalue weighted by Gasteiger charge is 2.10. The van der Waals surface area contributed by atoms with E-state index in [4.69, 9.17) is 0 Å². The van der Waals surface area contributed by atoms with Gasteiger partial charge in [-0.25, -0.2) is 0 Å². The normalized spacial score (nSPS) is 21.3. The van der Waals surface area contributed by atoms with Gasteiger partial charge in [-0.15, -0.1) is 0 Å². The zero-order valence-electron chi connectivity index (χ0n) is 5.38. The minimum absolute atomic E-state index is 0.376. The van der Waals surface area contributed by atoms with E-state index in [0.717, 1.165) is 12.8 Å². The molecular weight excluding hydrogens is 134 g/mol. The van der Waals surface area contributed by atoms with Crippen LogP contribution in [-0.4, -0.2) is 10.3 Å². The first kappa shape index (κ1) is 6.93. The Hall–Kier alpha value is -0.180. The smallest absolute Gasteiger partial charge is 0.191 e. The lowest BCUT2D eigenvalue weighted by Gasteiger charge is -2.14. The Morgan fingerprint density at radius 2 is 1.89 bits per heavy atom. The van der Waals surface area contributed by atoms with E-state index in [2.05, 4.69) is 4.36 Å². The molecule has 0 aromatic carbocycles. The van der Waals surface area contributed by atoms with Crippen molar-refractivity contribution in [3.8, 4) is 0 Å². The zero-order chi connectivity index (χ0) is 6.53. The van der Waals surface area contributed by atoms with Crippen LogP contribution < -0.4 is 0 Å². The molecule has 9 heavy (non-hydrogen) atoms. The molecule has 0 spiro atoms. The Morgan fingerprint density at radius 3 is 2.44 bits per heavy atom. The topological polar surface area (TPSA) is 29.4 Å². The molecule has 1 saturated carbocycles.